The van der Waals surface area contributed by atoms with Gasteiger partial charge in [0.2, 0.25) is 0 Å². The van der Waals surface area contributed by atoms with Gasteiger partial charge in [0.15, 0.2) is 5.69 Å². The van der Waals surface area contributed by atoms with Crippen LogP contribution < -0.4 is 0 Å². The topological polar surface area (TPSA) is 44.1 Å². The van der Waals surface area contributed by atoms with Gasteiger partial charge >= 0.3 is 12.1 Å². The lowest BCUT2D eigenvalue weighted by Gasteiger charge is -2.12. The van der Waals surface area contributed by atoms with Crippen LogP contribution in [-0.2, 0) is 10.9 Å². The number of hydrogen-bond donors (Lipinski definition) is 0. The van der Waals surface area contributed by atoms with Crippen LogP contribution in [0.4, 0.5) is 17.6 Å². The maximum absolute atomic E-state index is 13.9. The molecule has 3 rings (SSSR count). The second-order valence-electron chi connectivity index (χ2n) is 5.54. The summed E-state index contributed by atoms with van der Waals surface area (Å²) in [5.41, 5.74) is -1.82. The number of ether oxygens (including phenoxy) is 1. The summed E-state index contributed by atoms with van der Waals surface area (Å²) in [6, 6.07) is 12.4. The minimum absolute atomic E-state index is 0.0311. The van der Waals surface area contributed by atoms with Crippen molar-refractivity contribution in [2.45, 2.75) is 13.1 Å². The van der Waals surface area contributed by atoms with E-state index in [0.29, 0.717) is 10.2 Å². The average Bonchev–Trinajstić information content (AvgIpc) is 3.04. The molecule has 0 fully saturated rings. The van der Waals surface area contributed by atoms with E-state index >= 15 is 0 Å². The lowest BCUT2D eigenvalue weighted by Crippen LogP contribution is -2.18. The molecule has 0 aliphatic rings. The average molecular weight is 378 g/mol. The van der Waals surface area contributed by atoms with Gasteiger partial charge in [0.25, 0.3) is 0 Å². The molecule has 0 unspecified atom stereocenters. The van der Waals surface area contributed by atoms with Crippen LogP contribution in [0.15, 0.2) is 54.6 Å². The Labute approximate surface area is 152 Å². The largest absolute Gasteiger partial charge is 0.462 e. The summed E-state index contributed by atoms with van der Waals surface area (Å²) in [5.74, 6) is -1.73. The highest BCUT2D eigenvalue weighted by Crippen LogP contribution is 2.38. The van der Waals surface area contributed by atoms with E-state index in [-0.39, 0.29) is 18.0 Å². The molecular weight excluding hydrogens is 364 g/mol. The molecule has 140 valence electrons. The minimum atomic E-state index is -4.89. The first-order chi connectivity index (χ1) is 12.8. The van der Waals surface area contributed by atoms with E-state index in [1.165, 1.54) is 6.92 Å². The van der Waals surface area contributed by atoms with E-state index in [0.717, 1.165) is 24.3 Å². The number of halogens is 4. The van der Waals surface area contributed by atoms with Crippen molar-refractivity contribution < 1.29 is 27.1 Å². The maximum atomic E-state index is 13.9. The fourth-order valence-electron chi connectivity index (χ4n) is 2.64. The van der Waals surface area contributed by atoms with Crippen LogP contribution >= 0.6 is 0 Å². The van der Waals surface area contributed by atoms with Gasteiger partial charge in [0.05, 0.1) is 12.3 Å². The maximum Gasteiger partial charge on any atom is 0.434 e. The summed E-state index contributed by atoms with van der Waals surface area (Å²) in [4.78, 5) is 12.4. The molecule has 0 amide bonds. The fraction of sp³-hybridized carbons (Fsp3) is 0.158. The highest BCUT2D eigenvalue weighted by atomic mass is 19.4. The Bertz CT molecular complexity index is 948. The normalized spacial score (nSPS) is 11.4. The Hall–Kier alpha value is -3.16. The summed E-state index contributed by atoms with van der Waals surface area (Å²) < 4.78 is 60.2. The van der Waals surface area contributed by atoms with Crippen LogP contribution in [0.25, 0.3) is 16.9 Å². The van der Waals surface area contributed by atoms with Crippen molar-refractivity contribution in [2.75, 3.05) is 6.61 Å². The molecule has 4 nitrogen and oxygen atoms in total. The van der Waals surface area contributed by atoms with Crippen molar-refractivity contribution >= 4 is 5.97 Å². The first kappa shape index (κ1) is 18.6. The van der Waals surface area contributed by atoms with Gasteiger partial charge in [-0.3, -0.25) is 0 Å². The van der Waals surface area contributed by atoms with E-state index in [9.17, 15) is 22.4 Å². The standard InChI is InChI=1S/C19H14F4N2O2/c1-2-27-18(26)15-16(12-6-4-3-5-7-12)24-25(17(15)19(21,22)23)14-10-8-13(20)9-11-14/h3-11H,2H2,1H3. The smallest absolute Gasteiger partial charge is 0.434 e. The van der Waals surface area contributed by atoms with Gasteiger partial charge in [0, 0.05) is 5.56 Å². The van der Waals surface area contributed by atoms with Crippen molar-refractivity contribution in [3.63, 3.8) is 0 Å². The van der Waals surface area contributed by atoms with E-state index < -0.39 is 29.2 Å². The molecule has 0 atom stereocenters. The number of rotatable bonds is 4. The first-order valence-electron chi connectivity index (χ1n) is 8.01. The van der Waals surface area contributed by atoms with E-state index in [2.05, 4.69) is 5.10 Å². The van der Waals surface area contributed by atoms with Gasteiger partial charge in [0.1, 0.15) is 17.1 Å². The Kier molecular flexibility index (Phi) is 4.98. The number of carbonyl (C=O) groups is 1. The van der Waals surface area contributed by atoms with Gasteiger partial charge < -0.3 is 4.74 Å². The van der Waals surface area contributed by atoms with Gasteiger partial charge in [-0.25, -0.2) is 13.9 Å². The zero-order chi connectivity index (χ0) is 19.6. The molecule has 0 saturated carbocycles. The Morgan fingerprint density at radius 3 is 2.26 bits per heavy atom. The summed E-state index contributed by atoms with van der Waals surface area (Å²) in [5, 5.41) is 4.02. The molecule has 1 heterocycles. The molecule has 0 spiro atoms. The van der Waals surface area contributed by atoms with Crippen LogP contribution in [0.1, 0.15) is 23.0 Å². The second kappa shape index (κ2) is 7.22. The molecule has 3 aromatic rings. The molecule has 0 saturated heterocycles. The van der Waals surface area contributed by atoms with Gasteiger partial charge in [-0.05, 0) is 31.2 Å². The molecule has 0 aliphatic carbocycles. The van der Waals surface area contributed by atoms with Crippen molar-refractivity contribution in [2.24, 2.45) is 0 Å². The summed E-state index contributed by atoms with van der Waals surface area (Å²) in [6.45, 7) is 1.41. The predicted octanol–water partition coefficient (Wildman–Crippen LogP) is 4.87. The molecule has 27 heavy (non-hydrogen) atoms. The van der Waals surface area contributed by atoms with Crippen LogP contribution in [0.3, 0.4) is 0 Å². The number of nitrogens with zero attached hydrogens (tertiary/aromatic N) is 2. The van der Waals surface area contributed by atoms with Gasteiger partial charge in [-0.15, -0.1) is 0 Å². The van der Waals surface area contributed by atoms with Crippen molar-refractivity contribution in [3.8, 4) is 16.9 Å². The van der Waals surface area contributed by atoms with Gasteiger partial charge in [-0.1, -0.05) is 30.3 Å². The molecule has 0 bridgehead atoms. The number of hydrogen-bond acceptors (Lipinski definition) is 3. The number of benzene rings is 2. The first-order valence-corrected chi connectivity index (χ1v) is 8.01. The molecule has 0 radical (unpaired) electrons. The lowest BCUT2D eigenvalue weighted by atomic mass is 10.1. The second-order valence-corrected chi connectivity index (χ2v) is 5.54. The highest BCUT2D eigenvalue weighted by Gasteiger charge is 2.43. The molecule has 2 aromatic carbocycles. The summed E-state index contributed by atoms with van der Waals surface area (Å²) >= 11 is 0. The van der Waals surface area contributed by atoms with Crippen LogP contribution in [0.2, 0.25) is 0 Å². The van der Waals surface area contributed by atoms with Gasteiger partial charge in [-0.2, -0.15) is 18.3 Å². The van der Waals surface area contributed by atoms with Crippen LogP contribution in [-0.4, -0.2) is 22.4 Å². The SMILES string of the molecule is CCOC(=O)c1c(-c2ccccc2)nn(-c2ccc(F)cc2)c1C(F)(F)F. The Morgan fingerprint density at radius 1 is 1.07 bits per heavy atom. The molecule has 1 aromatic heterocycles. The third-order valence-corrected chi connectivity index (χ3v) is 3.75. The zero-order valence-electron chi connectivity index (χ0n) is 14.1. The lowest BCUT2D eigenvalue weighted by molar-refractivity contribution is -0.143. The predicted molar refractivity (Wildman–Crippen MR) is 89.9 cm³/mol. The quantitative estimate of drug-likeness (QED) is 0.480. The third kappa shape index (κ3) is 3.69. The number of carbonyl (C=O) groups excluding carboxylic acids is 1. The third-order valence-electron chi connectivity index (χ3n) is 3.75. The van der Waals surface area contributed by atoms with Crippen LogP contribution in [0.5, 0.6) is 0 Å². The minimum Gasteiger partial charge on any atom is -0.462 e. The number of esters is 1. The summed E-state index contributed by atoms with van der Waals surface area (Å²) in [7, 11) is 0. The number of aromatic nitrogens is 2. The van der Waals surface area contributed by atoms with E-state index in [1.807, 2.05) is 0 Å². The monoisotopic (exact) mass is 378 g/mol. The molecule has 8 heteroatoms. The Morgan fingerprint density at radius 2 is 1.70 bits per heavy atom. The van der Waals surface area contributed by atoms with Crippen molar-refractivity contribution in [1.29, 1.82) is 0 Å². The fourth-order valence-corrected chi connectivity index (χ4v) is 2.64. The number of alkyl halides is 3. The van der Waals surface area contributed by atoms with Crippen molar-refractivity contribution in [3.05, 3.63) is 71.7 Å². The molecular formula is C19H14F4N2O2. The summed E-state index contributed by atoms with van der Waals surface area (Å²) in [6.07, 6.45) is -4.89. The zero-order valence-corrected chi connectivity index (χ0v) is 14.1. The molecule has 0 aliphatic heterocycles. The van der Waals surface area contributed by atoms with E-state index in [4.69, 9.17) is 4.74 Å². The van der Waals surface area contributed by atoms with E-state index in [1.54, 1.807) is 30.3 Å². The Balaban J connectivity index is 2.34. The van der Waals surface area contributed by atoms with Crippen molar-refractivity contribution in [1.82, 2.24) is 9.78 Å². The highest BCUT2D eigenvalue weighted by molar-refractivity contribution is 5.98. The molecule has 0 N–H and O–H groups in total. The van der Waals surface area contributed by atoms with Crippen LogP contribution in [0, 0.1) is 5.82 Å².